The first-order chi connectivity index (χ1) is 14.6. The van der Waals surface area contributed by atoms with Crippen molar-refractivity contribution in [2.75, 3.05) is 40.3 Å². The molecule has 158 valence electrons. The number of hydrogen-bond acceptors (Lipinski definition) is 5. The van der Waals surface area contributed by atoms with E-state index in [-0.39, 0.29) is 11.9 Å². The number of aromatic nitrogens is 2. The number of para-hydroxylation sites is 1. The van der Waals surface area contributed by atoms with Crippen molar-refractivity contribution in [3.8, 4) is 0 Å². The number of rotatable bonds is 6. The third kappa shape index (κ3) is 4.70. The second kappa shape index (κ2) is 9.38. The summed E-state index contributed by atoms with van der Waals surface area (Å²) in [6.07, 6.45) is 0. The average Bonchev–Trinajstić information content (AvgIpc) is 3.02. The summed E-state index contributed by atoms with van der Waals surface area (Å²) in [7, 11) is 3.73. The topological polar surface area (TPSA) is 62.6 Å². The van der Waals surface area contributed by atoms with Crippen LogP contribution in [0.5, 0.6) is 0 Å². The summed E-state index contributed by atoms with van der Waals surface area (Å²) < 4.78 is 6.96. The fraction of sp³-hybridized carbons (Fsp3) is 0.391. The van der Waals surface area contributed by atoms with E-state index < -0.39 is 0 Å². The lowest BCUT2D eigenvalue weighted by atomic mass is 10.1. The van der Waals surface area contributed by atoms with Gasteiger partial charge in [0.05, 0.1) is 11.6 Å². The zero-order chi connectivity index (χ0) is 20.9. The van der Waals surface area contributed by atoms with E-state index in [1.54, 1.807) is 11.8 Å². The number of amides is 1. The van der Waals surface area contributed by atoms with Crippen molar-refractivity contribution in [3.63, 3.8) is 0 Å². The van der Waals surface area contributed by atoms with Gasteiger partial charge in [-0.25, -0.2) is 4.68 Å². The summed E-state index contributed by atoms with van der Waals surface area (Å²) in [6, 6.07) is 18.3. The molecule has 0 aliphatic carbocycles. The lowest BCUT2D eigenvalue weighted by Crippen LogP contribution is -2.46. The lowest BCUT2D eigenvalue weighted by Gasteiger charge is -2.24. The number of ether oxygens (including phenoxy) is 1. The van der Waals surface area contributed by atoms with Crippen LogP contribution in [0.3, 0.4) is 0 Å². The van der Waals surface area contributed by atoms with E-state index >= 15 is 0 Å². The molecule has 1 fully saturated rings. The molecule has 1 saturated heterocycles. The van der Waals surface area contributed by atoms with Crippen LogP contribution in [0.4, 0.5) is 0 Å². The normalized spacial score (nSPS) is 18.4. The van der Waals surface area contributed by atoms with Crippen molar-refractivity contribution in [1.29, 1.82) is 0 Å². The van der Waals surface area contributed by atoms with Gasteiger partial charge in [0.2, 0.25) is 0 Å². The Morgan fingerprint density at radius 2 is 1.87 bits per heavy atom. The predicted molar refractivity (Wildman–Crippen MR) is 117 cm³/mol. The van der Waals surface area contributed by atoms with E-state index in [9.17, 15) is 4.79 Å². The molecule has 1 N–H and O–H groups in total. The average molecular weight is 408 g/mol. The minimum absolute atomic E-state index is 0.0278. The standard InChI is InChI=1S/C23H29N5O2/c1-26-12-13-27(14-18-8-4-3-5-9-18)16-19(15-26)24-23(29)22-20-10-6-7-11-21(20)28(25-22)17-30-2/h3-11,19H,12-17H2,1-2H3,(H,24,29). The van der Waals surface area contributed by atoms with E-state index in [1.165, 1.54) is 5.56 Å². The summed E-state index contributed by atoms with van der Waals surface area (Å²) in [5.74, 6) is -0.138. The first-order valence-electron chi connectivity index (χ1n) is 10.3. The number of likely N-dealkylation sites (N-methyl/N-ethyl adjacent to an activating group) is 1. The third-order valence-electron chi connectivity index (χ3n) is 5.52. The summed E-state index contributed by atoms with van der Waals surface area (Å²) in [4.78, 5) is 17.8. The number of nitrogens with one attached hydrogen (secondary N) is 1. The second-order valence-electron chi connectivity index (χ2n) is 7.94. The number of nitrogens with zero attached hydrogens (tertiary/aromatic N) is 4. The van der Waals surface area contributed by atoms with E-state index in [2.05, 4.69) is 51.5 Å². The summed E-state index contributed by atoms with van der Waals surface area (Å²) in [5, 5.41) is 8.60. The Morgan fingerprint density at radius 3 is 2.67 bits per heavy atom. The molecular weight excluding hydrogens is 378 g/mol. The van der Waals surface area contributed by atoms with E-state index in [0.717, 1.165) is 43.6 Å². The highest BCUT2D eigenvalue weighted by Gasteiger charge is 2.25. The molecule has 0 saturated carbocycles. The molecule has 1 aliphatic heterocycles. The zero-order valence-corrected chi connectivity index (χ0v) is 17.6. The van der Waals surface area contributed by atoms with Crippen LogP contribution in [0.2, 0.25) is 0 Å². The van der Waals surface area contributed by atoms with Crippen molar-refractivity contribution in [3.05, 3.63) is 65.9 Å². The Bertz CT molecular complexity index is 988. The monoisotopic (exact) mass is 407 g/mol. The fourth-order valence-electron chi connectivity index (χ4n) is 4.09. The van der Waals surface area contributed by atoms with Crippen molar-refractivity contribution < 1.29 is 9.53 Å². The largest absolute Gasteiger partial charge is 0.362 e. The van der Waals surface area contributed by atoms with E-state index in [0.29, 0.717) is 12.4 Å². The van der Waals surface area contributed by atoms with Gasteiger partial charge in [-0.3, -0.25) is 9.69 Å². The number of methoxy groups -OCH3 is 1. The van der Waals surface area contributed by atoms with Crippen LogP contribution in [0.25, 0.3) is 10.9 Å². The molecule has 0 radical (unpaired) electrons. The van der Waals surface area contributed by atoms with Crippen molar-refractivity contribution in [2.45, 2.75) is 19.3 Å². The first kappa shape index (κ1) is 20.5. The number of benzene rings is 2. The quantitative estimate of drug-likeness (QED) is 0.679. The molecule has 1 atom stereocenters. The van der Waals surface area contributed by atoms with Crippen LogP contribution in [0.15, 0.2) is 54.6 Å². The first-order valence-corrected chi connectivity index (χ1v) is 10.3. The molecule has 30 heavy (non-hydrogen) atoms. The van der Waals surface area contributed by atoms with Gasteiger partial charge in [-0.2, -0.15) is 5.10 Å². The highest BCUT2D eigenvalue weighted by molar-refractivity contribution is 6.05. The minimum atomic E-state index is -0.138. The summed E-state index contributed by atoms with van der Waals surface area (Å²) >= 11 is 0. The number of carbonyl (C=O) groups excluding carboxylic acids is 1. The van der Waals surface area contributed by atoms with Crippen LogP contribution < -0.4 is 5.32 Å². The van der Waals surface area contributed by atoms with Crippen LogP contribution in [-0.4, -0.2) is 71.9 Å². The SMILES string of the molecule is COCn1nc(C(=O)NC2CN(C)CCN(Cc3ccccc3)C2)c2ccccc21. The molecule has 4 rings (SSSR count). The molecule has 2 heterocycles. The maximum atomic E-state index is 13.2. The zero-order valence-electron chi connectivity index (χ0n) is 17.6. The molecule has 0 bridgehead atoms. The molecule has 1 unspecified atom stereocenters. The molecule has 2 aromatic carbocycles. The van der Waals surface area contributed by atoms with Gasteiger partial charge < -0.3 is 15.0 Å². The molecular formula is C23H29N5O2. The molecule has 1 aromatic heterocycles. The van der Waals surface area contributed by atoms with Gasteiger partial charge in [0, 0.05) is 45.2 Å². The van der Waals surface area contributed by atoms with Crippen LogP contribution in [0.1, 0.15) is 16.1 Å². The van der Waals surface area contributed by atoms with Crippen molar-refractivity contribution >= 4 is 16.8 Å². The Morgan fingerprint density at radius 1 is 1.10 bits per heavy atom. The Labute approximate surface area is 177 Å². The Hall–Kier alpha value is -2.74. The van der Waals surface area contributed by atoms with Gasteiger partial charge in [-0.1, -0.05) is 48.5 Å². The van der Waals surface area contributed by atoms with Gasteiger partial charge in [0.25, 0.3) is 5.91 Å². The van der Waals surface area contributed by atoms with Gasteiger partial charge in [0.15, 0.2) is 5.69 Å². The lowest BCUT2D eigenvalue weighted by molar-refractivity contribution is 0.0913. The second-order valence-corrected chi connectivity index (χ2v) is 7.94. The van der Waals surface area contributed by atoms with E-state index in [1.807, 2.05) is 30.3 Å². The number of carbonyl (C=O) groups is 1. The molecule has 7 nitrogen and oxygen atoms in total. The highest BCUT2D eigenvalue weighted by atomic mass is 16.5. The number of hydrogen-bond donors (Lipinski definition) is 1. The smallest absolute Gasteiger partial charge is 0.272 e. The molecule has 0 spiro atoms. The molecule has 7 heteroatoms. The number of fused-ring (bicyclic) bond motifs is 1. The predicted octanol–water partition coefficient (Wildman–Crippen LogP) is 2.19. The summed E-state index contributed by atoms with van der Waals surface area (Å²) in [6.45, 7) is 4.76. The van der Waals surface area contributed by atoms with Crippen LogP contribution in [0, 0.1) is 0 Å². The Balaban J connectivity index is 1.50. The molecule has 3 aromatic rings. The van der Waals surface area contributed by atoms with Crippen molar-refractivity contribution in [2.24, 2.45) is 0 Å². The highest BCUT2D eigenvalue weighted by Crippen LogP contribution is 2.19. The maximum absolute atomic E-state index is 13.2. The van der Waals surface area contributed by atoms with Gasteiger partial charge in [-0.05, 0) is 18.7 Å². The molecule has 1 aliphatic rings. The fourth-order valence-corrected chi connectivity index (χ4v) is 4.09. The van der Waals surface area contributed by atoms with Crippen LogP contribution in [-0.2, 0) is 18.0 Å². The molecule has 1 amide bonds. The van der Waals surface area contributed by atoms with Gasteiger partial charge in [-0.15, -0.1) is 0 Å². The van der Waals surface area contributed by atoms with Gasteiger partial charge >= 0.3 is 0 Å². The Kier molecular flexibility index (Phi) is 6.42. The minimum Gasteiger partial charge on any atom is -0.362 e. The summed E-state index contributed by atoms with van der Waals surface area (Å²) in [5.41, 5.74) is 2.63. The third-order valence-corrected chi connectivity index (χ3v) is 5.52. The van der Waals surface area contributed by atoms with Crippen LogP contribution >= 0.6 is 0 Å². The van der Waals surface area contributed by atoms with E-state index in [4.69, 9.17) is 4.74 Å². The maximum Gasteiger partial charge on any atom is 0.272 e. The van der Waals surface area contributed by atoms with Gasteiger partial charge in [0.1, 0.15) is 6.73 Å². The van der Waals surface area contributed by atoms with Crippen molar-refractivity contribution in [1.82, 2.24) is 24.9 Å².